The Morgan fingerprint density at radius 1 is 1.47 bits per heavy atom. The van der Waals surface area contributed by atoms with Crippen LogP contribution in [0.15, 0.2) is 21.9 Å². The Morgan fingerprint density at radius 2 is 2.26 bits per heavy atom. The van der Waals surface area contributed by atoms with E-state index >= 15 is 0 Å². The third-order valence-electron chi connectivity index (χ3n) is 3.63. The van der Waals surface area contributed by atoms with E-state index in [9.17, 15) is 5.11 Å². The maximum atomic E-state index is 10.2. The molecule has 5 nitrogen and oxygen atoms in total. The maximum Gasteiger partial charge on any atom is 0.257 e. The number of hydrogen-bond acceptors (Lipinski definition) is 6. The van der Waals surface area contributed by atoms with Crippen molar-refractivity contribution in [2.45, 2.75) is 26.0 Å². The van der Waals surface area contributed by atoms with Crippen LogP contribution in [-0.4, -0.2) is 38.9 Å². The van der Waals surface area contributed by atoms with Crippen LogP contribution >= 0.6 is 11.3 Å². The molecule has 1 aliphatic rings. The Hall–Kier alpha value is -1.24. The lowest BCUT2D eigenvalue weighted by molar-refractivity contribution is -0.132. The molecular formula is C13H17N3O2S. The summed E-state index contributed by atoms with van der Waals surface area (Å²) in [6, 6.07) is 3.92. The minimum Gasteiger partial charge on any atom is -0.419 e. The van der Waals surface area contributed by atoms with E-state index in [0.29, 0.717) is 31.4 Å². The van der Waals surface area contributed by atoms with Crippen LogP contribution in [0.1, 0.15) is 19.7 Å². The summed E-state index contributed by atoms with van der Waals surface area (Å²) in [5.41, 5.74) is -0.559. The predicted molar refractivity (Wildman–Crippen MR) is 72.7 cm³/mol. The zero-order valence-corrected chi connectivity index (χ0v) is 11.9. The molecule has 2 aromatic rings. The van der Waals surface area contributed by atoms with Crippen LogP contribution in [0.25, 0.3) is 10.8 Å². The quantitative estimate of drug-likeness (QED) is 0.927. The number of thiophene rings is 1. The van der Waals surface area contributed by atoms with Crippen molar-refractivity contribution in [2.24, 2.45) is 5.92 Å². The standard InChI is InChI=1S/C13H17N3O2S/c1-9(2)13(17)7-16(8-13)6-11-14-15-12(18-11)10-4-3-5-19-10/h3-5,9,17H,6-8H2,1-2H3. The number of nitrogens with zero attached hydrogens (tertiary/aromatic N) is 3. The van der Waals surface area contributed by atoms with Crippen molar-refractivity contribution in [1.29, 1.82) is 0 Å². The van der Waals surface area contributed by atoms with E-state index in [2.05, 4.69) is 15.1 Å². The van der Waals surface area contributed by atoms with Crippen molar-refractivity contribution in [1.82, 2.24) is 15.1 Å². The van der Waals surface area contributed by atoms with Crippen LogP contribution in [0, 0.1) is 5.92 Å². The summed E-state index contributed by atoms with van der Waals surface area (Å²) in [6.45, 7) is 6.02. The van der Waals surface area contributed by atoms with Crippen LogP contribution < -0.4 is 0 Å². The second-order valence-corrected chi connectivity index (χ2v) is 6.33. The van der Waals surface area contributed by atoms with Gasteiger partial charge in [0.2, 0.25) is 5.89 Å². The molecule has 0 unspecified atom stereocenters. The van der Waals surface area contributed by atoms with Gasteiger partial charge in [-0.1, -0.05) is 19.9 Å². The zero-order chi connectivity index (χ0) is 13.5. The van der Waals surface area contributed by atoms with E-state index < -0.39 is 5.60 Å². The molecule has 1 aliphatic heterocycles. The van der Waals surface area contributed by atoms with Crippen LogP contribution in [0.3, 0.4) is 0 Å². The molecule has 0 saturated carbocycles. The molecule has 3 rings (SSSR count). The van der Waals surface area contributed by atoms with Gasteiger partial charge in [-0.3, -0.25) is 4.90 Å². The molecule has 0 spiro atoms. The summed E-state index contributed by atoms with van der Waals surface area (Å²) < 4.78 is 5.63. The number of aliphatic hydroxyl groups is 1. The highest BCUT2D eigenvalue weighted by molar-refractivity contribution is 7.13. The molecular weight excluding hydrogens is 262 g/mol. The van der Waals surface area contributed by atoms with Crippen molar-refractivity contribution < 1.29 is 9.52 Å². The van der Waals surface area contributed by atoms with Gasteiger partial charge in [-0.15, -0.1) is 21.5 Å². The summed E-state index contributed by atoms with van der Waals surface area (Å²) in [5, 5.41) is 20.3. The number of hydrogen-bond donors (Lipinski definition) is 1. The monoisotopic (exact) mass is 279 g/mol. The van der Waals surface area contributed by atoms with Gasteiger partial charge in [-0.2, -0.15) is 0 Å². The Morgan fingerprint density at radius 3 is 2.89 bits per heavy atom. The van der Waals surface area contributed by atoms with Crippen molar-refractivity contribution in [3.05, 3.63) is 23.4 Å². The van der Waals surface area contributed by atoms with Crippen molar-refractivity contribution in [2.75, 3.05) is 13.1 Å². The highest BCUT2D eigenvalue weighted by atomic mass is 32.1. The van der Waals surface area contributed by atoms with E-state index in [-0.39, 0.29) is 5.92 Å². The summed E-state index contributed by atoms with van der Waals surface area (Å²) in [5.74, 6) is 1.45. The Labute approximate surface area is 115 Å². The van der Waals surface area contributed by atoms with Gasteiger partial charge in [-0.05, 0) is 17.4 Å². The van der Waals surface area contributed by atoms with Crippen LogP contribution in [0.5, 0.6) is 0 Å². The largest absolute Gasteiger partial charge is 0.419 e. The van der Waals surface area contributed by atoms with Gasteiger partial charge in [0.15, 0.2) is 0 Å². The normalized spacial score (nSPS) is 18.7. The lowest BCUT2D eigenvalue weighted by atomic mass is 9.83. The molecule has 1 fully saturated rings. The SMILES string of the molecule is CC(C)C1(O)CN(Cc2nnc(-c3cccs3)o2)C1. The van der Waals surface area contributed by atoms with Gasteiger partial charge in [0.1, 0.15) is 0 Å². The minimum atomic E-state index is -0.559. The molecule has 0 aliphatic carbocycles. The lowest BCUT2D eigenvalue weighted by Gasteiger charge is -2.48. The van der Waals surface area contributed by atoms with E-state index in [1.807, 2.05) is 31.4 Å². The van der Waals surface area contributed by atoms with Crippen LogP contribution in [-0.2, 0) is 6.54 Å². The Bertz CT molecular complexity index is 544. The fraction of sp³-hybridized carbons (Fsp3) is 0.538. The molecule has 1 N–H and O–H groups in total. The summed E-state index contributed by atoms with van der Waals surface area (Å²) in [7, 11) is 0. The van der Waals surface area contributed by atoms with Gasteiger partial charge >= 0.3 is 0 Å². The average Bonchev–Trinajstić information content (AvgIpc) is 2.96. The first kappa shape index (κ1) is 12.8. The van der Waals surface area contributed by atoms with Crippen molar-refractivity contribution in [3.63, 3.8) is 0 Å². The predicted octanol–water partition coefficient (Wildman–Crippen LogP) is 2.00. The zero-order valence-electron chi connectivity index (χ0n) is 11.0. The average molecular weight is 279 g/mol. The molecule has 0 aromatic carbocycles. The van der Waals surface area contributed by atoms with Crippen LogP contribution in [0.4, 0.5) is 0 Å². The Balaban J connectivity index is 1.61. The first-order valence-electron chi connectivity index (χ1n) is 6.38. The van der Waals surface area contributed by atoms with Gasteiger partial charge in [0.25, 0.3) is 5.89 Å². The Kier molecular flexibility index (Phi) is 3.16. The number of likely N-dealkylation sites (tertiary alicyclic amines) is 1. The van der Waals surface area contributed by atoms with Gasteiger partial charge in [0, 0.05) is 13.1 Å². The molecule has 2 aromatic heterocycles. The highest BCUT2D eigenvalue weighted by Crippen LogP contribution is 2.30. The van der Waals surface area contributed by atoms with Gasteiger partial charge in [-0.25, -0.2) is 0 Å². The van der Waals surface area contributed by atoms with Crippen LogP contribution in [0.2, 0.25) is 0 Å². The molecule has 0 bridgehead atoms. The minimum absolute atomic E-state index is 0.271. The third kappa shape index (κ3) is 2.43. The number of rotatable bonds is 4. The molecule has 0 radical (unpaired) electrons. The summed E-state index contributed by atoms with van der Waals surface area (Å²) in [6.07, 6.45) is 0. The highest BCUT2D eigenvalue weighted by Gasteiger charge is 2.43. The molecule has 0 atom stereocenters. The second-order valence-electron chi connectivity index (χ2n) is 5.38. The summed E-state index contributed by atoms with van der Waals surface area (Å²) >= 11 is 1.58. The molecule has 3 heterocycles. The topological polar surface area (TPSA) is 62.4 Å². The van der Waals surface area contributed by atoms with E-state index in [4.69, 9.17) is 4.42 Å². The molecule has 6 heteroatoms. The van der Waals surface area contributed by atoms with E-state index in [1.165, 1.54) is 0 Å². The van der Waals surface area contributed by atoms with Gasteiger partial charge in [0.05, 0.1) is 17.0 Å². The van der Waals surface area contributed by atoms with Crippen molar-refractivity contribution in [3.8, 4) is 10.8 Å². The maximum absolute atomic E-state index is 10.2. The fourth-order valence-corrected chi connectivity index (χ4v) is 2.86. The second kappa shape index (κ2) is 4.70. The molecule has 102 valence electrons. The first-order valence-corrected chi connectivity index (χ1v) is 7.26. The molecule has 0 amide bonds. The summed E-state index contributed by atoms with van der Waals surface area (Å²) in [4.78, 5) is 3.10. The van der Waals surface area contributed by atoms with Gasteiger partial charge < -0.3 is 9.52 Å². The fourth-order valence-electron chi connectivity index (χ4n) is 2.21. The number of aromatic nitrogens is 2. The smallest absolute Gasteiger partial charge is 0.257 e. The third-order valence-corrected chi connectivity index (χ3v) is 4.49. The van der Waals surface area contributed by atoms with Crippen molar-refractivity contribution >= 4 is 11.3 Å². The number of β-amino-alcohol motifs (C(OH)–C–C–N with tert-alkyl or cyclic N) is 1. The molecule has 1 saturated heterocycles. The van der Waals surface area contributed by atoms with E-state index in [0.717, 1.165) is 4.88 Å². The first-order chi connectivity index (χ1) is 9.07. The van der Waals surface area contributed by atoms with E-state index in [1.54, 1.807) is 11.3 Å². The lowest BCUT2D eigenvalue weighted by Crippen LogP contribution is -2.63. The molecule has 19 heavy (non-hydrogen) atoms.